The maximum atomic E-state index is 12.0. The topological polar surface area (TPSA) is 64.3 Å². The molecule has 1 aromatic rings. The Labute approximate surface area is 115 Å². The summed E-state index contributed by atoms with van der Waals surface area (Å²) < 4.78 is 4.91. The Kier molecular flexibility index (Phi) is 5.99. The Morgan fingerprint density at radius 3 is 2.53 bits per heavy atom. The van der Waals surface area contributed by atoms with Gasteiger partial charge in [0.2, 0.25) is 5.91 Å². The van der Waals surface area contributed by atoms with E-state index in [2.05, 4.69) is 19.2 Å². The smallest absolute Gasteiger partial charge is 0.239 e. The number of ether oxygens (including phenoxy) is 1. The number of aryl methyl sites for hydroxylation is 1. The molecule has 2 unspecified atom stereocenters. The molecule has 0 saturated carbocycles. The Morgan fingerprint density at radius 1 is 1.37 bits per heavy atom. The van der Waals surface area contributed by atoms with Crippen molar-refractivity contribution in [3.8, 4) is 0 Å². The van der Waals surface area contributed by atoms with Gasteiger partial charge in [-0.2, -0.15) is 0 Å². The van der Waals surface area contributed by atoms with Crippen LogP contribution in [0.5, 0.6) is 0 Å². The van der Waals surface area contributed by atoms with Crippen molar-refractivity contribution >= 4 is 5.91 Å². The van der Waals surface area contributed by atoms with Crippen molar-refractivity contribution in [2.75, 3.05) is 13.7 Å². The van der Waals surface area contributed by atoms with Gasteiger partial charge in [0.05, 0.1) is 12.6 Å². The van der Waals surface area contributed by atoms with Crippen LogP contribution in [-0.4, -0.2) is 25.7 Å². The second-order valence-corrected chi connectivity index (χ2v) is 5.15. The van der Waals surface area contributed by atoms with Crippen LogP contribution in [0.1, 0.15) is 31.0 Å². The second kappa shape index (κ2) is 7.26. The first-order valence-electron chi connectivity index (χ1n) is 6.57. The zero-order chi connectivity index (χ0) is 14.4. The van der Waals surface area contributed by atoms with Crippen LogP contribution in [-0.2, 0) is 9.53 Å². The molecule has 2 atom stereocenters. The van der Waals surface area contributed by atoms with Gasteiger partial charge in [0.25, 0.3) is 0 Å². The van der Waals surface area contributed by atoms with Gasteiger partial charge in [0, 0.05) is 7.11 Å². The molecule has 1 aromatic carbocycles. The zero-order valence-electron chi connectivity index (χ0n) is 12.1. The van der Waals surface area contributed by atoms with Crippen LogP contribution < -0.4 is 11.1 Å². The van der Waals surface area contributed by atoms with E-state index in [0.29, 0.717) is 5.92 Å². The molecule has 0 aromatic heterocycles. The van der Waals surface area contributed by atoms with E-state index in [0.717, 1.165) is 5.56 Å². The van der Waals surface area contributed by atoms with E-state index >= 15 is 0 Å². The lowest BCUT2D eigenvalue weighted by Gasteiger charge is -2.26. The Balaban J connectivity index is 2.86. The predicted octanol–water partition coefficient (Wildman–Crippen LogP) is 1.78. The molecule has 0 saturated heterocycles. The Morgan fingerprint density at radius 2 is 2.00 bits per heavy atom. The van der Waals surface area contributed by atoms with Crippen LogP contribution in [0.25, 0.3) is 0 Å². The fourth-order valence-corrected chi connectivity index (χ4v) is 2.05. The highest BCUT2D eigenvalue weighted by molar-refractivity contribution is 5.82. The highest BCUT2D eigenvalue weighted by Crippen LogP contribution is 2.24. The third kappa shape index (κ3) is 4.33. The van der Waals surface area contributed by atoms with Crippen LogP contribution in [0.2, 0.25) is 0 Å². The molecular weight excluding hydrogens is 240 g/mol. The maximum Gasteiger partial charge on any atom is 0.239 e. The van der Waals surface area contributed by atoms with Crippen molar-refractivity contribution in [2.45, 2.75) is 32.9 Å². The Bertz CT molecular complexity index is 418. The molecule has 0 aliphatic rings. The van der Waals surface area contributed by atoms with Crippen LogP contribution in [0.3, 0.4) is 0 Å². The maximum absolute atomic E-state index is 12.0. The normalized spacial score (nSPS) is 14.2. The average Bonchev–Trinajstić information content (AvgIpc) is 2.36. The number of hydrogen-bond acceptors (Lipinski definition) is 3. The SMILES string of the molecule is COCC(N)C(=O)NC(c1ccccc1C)C(C)C. The van der Waals surface area contributed by atoms with Gasteiger partial charge in [0.15, 0.2) is 0 Å². The summed E-state index contributed by atoms with van der Waals surface area (Å²) in [6.07, 6.45) is 0. The van der Waals surface area contributed by atoms with Crippen molar-refractivity contribution in [3.05, 3.63) is 35.4 Å². The quantitative estimate of drug-likeness (QED) is 0.823. The summed E-state index contributed by atoms with van der Waals surface area (Å²) in [6, 6.07) is 7.41. The van der Waals surface area contributed by atoms with Crippen molar-refractivity contribution in [1.29, 1.82) is 0 Å². The molecule has 3 N–H and O–H groups in total. The lowest BCUT2D eigenvalue weighted by molar-refractivity contribution is -0.124. The number of nitrogens with two attached hydrogens (primary N) is 1. The van der Waals surface area contributed by atoms with Gasteiger partial charge in [-0.25, -0.2) is 0 Å². The molecule has 0 aliphatic carbocycles. The minimum absolute atomic E-state index is 0.0309. The third-order valence-corrected chi connectivity index (χ3v) is 3.17. The summed E-state index contributed by atoms with van der Waals surface area (Å²) in [4.78, 5) is 12.0. The highest BCUT2D eigenvalue weighted by atomic mass is 16.5. The number of hydrogen-bond donors (Lipinski definition) is 2. The van der Waals surface area contributed by atoms with Crippen molar-refractivity contribution in [2.24, 2.45) is 11.7 Å². The summed E-state index contributed by atoms with van der Waals surface area (Å²) in [7, 11) is 1.54. The molecule has 0 aliphatic heterocycles. The van der Waals surface area contributed by atoms with Crippen molar-refractivity contribution < 1.29 is 9.53 Å². The van der Waals surface area contributed by atoms with Crippen LogP contribution in [0, 0.1) is 12.8 Å². The third-order valence-electron chi connectivity index (χ3n) is 3.17. The van der Waals surface area contributed by atoms with E-state index in [-0.39, 0.29) is 18.6 Å². The predicted molar refractivity (Wildman–Crippen MR) is 76.8 cm³/mol. The molecule has 4 nitrogen and oxygen atoms in total. The van der Waals surface area contributed by atoms with Crippen LogP contribution >= 0.6 is 0 Å². The molecule has 0 radical (unpaired) electrons. The monoisotopic (exact) mass is 264 g/mol. The van der Waals surface area contributed by atoms with Gasteiger partial charge in [-0.05, 0) is 24.0 Å². The second-order valence-electron chi connectivity index (χ2n) is 5.15. The van der Waals surface area contributed by atoms with E-state index < -0.39 is 6.04 Å². The zero-order valence-corrected chi connectivity index (χ0v) is 12.1. The fraction of sp³-hybridized carbons (Fsp3) is 0.533. The molecule has 19 heavy (non-hydrogen) atoms. The summed E-state index contributed by atoms with van der Waals surface area (Å²) >= 11 is 0. The largest absolute Gasteiger partial charge is 0.383 e. The summed E-state index contributed by atoms with van der Waals surface area (Å²) in [5, 5.41) is 3.01. The molecule has 1 amide bonds. The number of amides is 1. The van der Waals surface area contributed by atoms with Gasteiger partial charge < -0.3 is 15.8 Å². The van der Waals surface area contributed by atoms with Gasteiger partial charge >= 0.3 is 0 Å². The Hall–Kier alpha value is -1.39. The van der Waals surface area contributed by atoms with E-state index in [4.69, 9.17) is 10.5 Å². The minimum Gasteiger partial charge on any atom is -0.383 e. The van der Waals surface area contributed by atoms with Gasteiger partial charge in [-0.3, -0.25) is 4.79 Å². The first kappa shape index (κ1) is 15.7. The molecule has 0 bridgehead atoms. The number of rotatable bonds is 6. The number of methoxy groups -OCH3 is 1. The van der Waals surface area contributed by atoms with E-state index in [1.54, 1.807) is 0 Å². The van der Waals surface area contributed by atoms with Crippen LogP contribution in [0.15, 0.2) is 24.3 Å². The summed E-state index contributed by atoms with van der Waals surface area (Å²) in [5.41, 5.74) is 8.06. The molecule has 0 spiro atoms. The van der Waals surface area contributed by atoms with Gasteiger partial charge in [0.1, 0.15) is 6.04 Å². The molecule has 106 valence electrons. The number of carbonyl (C=O) groups excluding carboxylic acids is 1. The lowest BCUT2D eigenvalue weighted by atomic mass is 9.92. The molecule has 0 heterocycles. The minimum atomic E-state index is -0.629. The highest BCUT2D eigenvalue weighted by Gasteiger charge is 2.22. The van der Waals surface area contributed by atoms with Gasteiger partial charge in [-0.1, -0.05) is 38.1 Å². The lowest BCUT2D eigenvalue weighted by Crippen LogP contribution is -2.45. The number of carbonyl (C=O) groups is 1. The first-order valence-corrected chi connectivity index (χ1v) is 6.57. The van der Waals surface area contributed by atoms with E-state index in [1.165, 1.54) is 12.7 Å². The summed E-state index contributed by atoms with van der Waals surface area (Å²) in [5.74, 6) is 0.114. The van der Waals surface area contributed by atoms with Crippen molar-refractivity contribution in [1.82, 2.24) is 5.32 Å². The number of benzene rings is 1. The molecule has 0 fully saturated rings. The van der Waals surface area contributed by atoms with Crippen molar-refractivity contribution in [3.63, 3.8) is 0 Å². The molecule has 4 heteroatoms. The fourth-order valence-electron chi connectivity index (χ4n) is 2.05. The molecular formula is C15H24N2O2. The summed E-state index contributed by atoms with van der Waals surface area (Å²) in [6.45, 7) is 6.44. The average molecular weight is 264 g/mol. The van der Waals surface area contributed by atoms with Crippen LogP contribution in [0.4, 0.5) is 0 Å². The molecule has 1 rings (SSSR count). The van der Waals surface area contributed by atoms with E-state index in [1.807, 2.05) is 31.2 Å². The van der Waals surface area contributed by atoms with E-state index in [9.17, 15) is 4.79 Å². The van der Waals surface area contributed by atoms with Gasteiger partial charge in [-0.15, -0.1) is 0 Å². The first-order chi connectivity index (χ1) is 8.97. The standard InChI is InChI=1S/C15H24N2O2/c1-10(2)14(12-8-6-5-7-11(12)3)17-15(18)13(16)9-19-4/h5-8,10,13-14H,9,16H2,1-4H3,(H,17,18). The number of nitrogens with one attached hydrogen (secondary N) is 1.